The van der Waals surface area contributed by atoms with Crippen molar-refractivity contribution in [3.8, 4) is 0 Å². The Balaban J connectivity index is 1.33. The highest BCUT2D eigenvalue weighted by atomic mass is 16.1. The zero-order valence-corrected chi connectivity index (χ0v) is 17.2. The van der Waals surface area contributed by atoms with Crippen molar-refractivity contribution >= 4 is 16.8 Å². The SMILES string of the molecule is CC1CCc2[nH]c3c(C(=O)NCc4cccc(Cn5ccnc5)c4)cccc3c2C1. The Morgan fingerprint density at radius 1 is 1.23 bits per heavy atom. The van der Waals surface area contributed by atoms with Crippen molar-refractivity contribution in [2.24, 2.45) is 5.92 Å². The highest BCUT2D eigenvalue weighted by Crippen LogP contribution is 2.32. The topological polar surface area (TPSA) is 62.7 Å². The van der Waals surface area contributed by atoms with E-state index in [1.54, 1.807) is 6.20 Å². The molecule has 30 heavy (non-hydrogen) atoms. The number of para-hydroxylation sites is 1. The number of nitrogens with one attached hydrogen (secondary N) is 2. The number of carbonyl (C=O) groups excluding carboxylic acids is 1. The van der Waals surface area contributed by atoms with E-state index in [4.69, 9.17) is 0 Å². The van der Waals surface area contributed by atoms with Gasteiger partial charge in [0.05, 0.1) is 17.4 Å². The Labute approximate surface area is 176 Å². The van der Waals surface area contributed by atoms with Crippen LogP contribution in [0.3, 0.4) is 0 Å². The van der Waals surface area contributed by atoms with Crippen molar-refractivity contribution in [3.05, 3.63) is 89.1 Å². The first-order valence-corrected chi connectivity index (χ1v) is 10.6. The normalized spacial score (nSPS) is 15.8. The number of carbonyl (C=O) groups is 1. The van der Waals surface area contributed by atoms with Gasteiger partial charge in [-0.15, -0.1) is 0 Å². The van der Waals surface area contributed by atoms with E-state index in [1.807, 2.05) is 41.4 Å². The summed E-state index contributed by atoms with van der Waals surface area (Å²) in [6.07, 6.45) is 8.90. The first-order chi connectivity index (χ1) is 14.7. The Bertz CT molecular complexity index is 1190. The molecule has 0 aliphatic heterocycles. The Morgan fingerprint density at radius 2 is 2.10 bits per heavy atom. The van der Waals surface area contributed by atoms with Gasteiger partial charge in [0.15, 0.2) is 0 Å². The third-order valence-electron chi connectivity index (χ3n) is 6.08. The van der Waals surface area contributed by atoms with Crippen LogP contribution in [0.5, 0.6) is 0 Å². The molecule has 2 aromatic carbocycles. The van der Waals surface area contributed by atoms with Crippen LogP contribution in [-0.4, -0.2) is 20.4 Å². The van der Waals surface area contributed by atoms with E-state index >= 15 is 0 Å². The van der Waals surface area contributed by atoms with Crippen LogP contribution in [0.4, 0.5) is 0 Å². The predicted octanol–water partition coefficient (Wildman–Crippen LogP) is 4.47. The highest BCUT2D eigenvalue weighted by molar-refractivity contribution is 6.06. The van der Waals surface area contributed by atoms with Crippen molar-refractivity contribution in [2.45, 2.75) is 39.3 Å². The van der Waals surface area contributed by atoms with Gasteiger partial charge in [0, 0.05) is 36.6 Å². The second kappa shape index (κ2) is 7.82. The largest absolute Gasteiger partial charge is 0.358 e. The standard InChI is InChI=1S/C25H26N4O/c1-17-8-9-23-22(12-17)20-6-3-7-21(24(20)28-23)25(30)27-14-18-4-2-5-19(13-18)15-29-11-10-26-16-29/h2-7,10-11,13,16-17,28H,8-9,12,14-15H2,1H3,(H,27,30). The maximum Gasteiger partial charge on any atom is 0.253 e. The van der Waals surface area contributed by atoms with Gasteiger partial charge in [0.1, 0.15) is 0 Å². The minimum atomic E-state index is -0.0349. The molecule has 0 fully saturated rings. The van der Waals surface area contributed by atoms with Gasteiger partial charge >= 0.3 is 0 Å². The van der Waals surface area contributed by atoms with Gasteiger partial charge in [0.2, 0.25) is 0 Å². The Morgan fingerprint density at radius 3 is 2.97 bits per heavy atom. The molecular formula is C25H26N4O. The van der Waals surface area contributed by atoms with Gasteiger partial charge < -0.3 is 14.9 Å². The number of aromatic nitrogens is 3. The van der Waals surface area contributed by atoms with Gasteiger partial charge in [-0.05, 0) is 47.9 Å². The molecule has 5 rings (SSSR count). The fraction of sp³-hybridized carbons (Fsp3) is 0.280. The van der Waals surface area contributed by atoms with E-state index in [1.165, 1.54) is 28.6 Å². The van der Waals surface area contributed by atoms with E-state index in [9.17, 15) is 4.79 Å². The summed E-state index contributed by atoms with van der Waals surface area (Å²) in [5, 5.41) is 4.31. The van der Waals surface area contributed by atoms with Crippen molar-refractivity contribution in [2.75, 3.05) is 0 Å². The second-order valence-corrected chi connectivity index (χ2v) is 8.40. The molecule has 152 valence electrons. The molecule has 2 aromatic heterocycles. The number of amides is 1. The Hall–Kier alpha value is -3.34. The summed E-state index contributed by atoms with van der Waals surface area (Å²) < 4.78 is 2.03. The molecule has 1 unspecified atom stereocenters. The van der Waals surface area contributed by atoms with E-state index < -0.39 is 0 Å². The number of nitrogens with zero attached hydrogens (tertiary/aromatic N) is 2. The maximum atomic E-state index is 13.0. The molecule has 1 aliphatic carbocycles. The lowest BCUT2D eigenvalue weighted by Crippen LogP contribution is -2.23. The predicted molar refractivity (Wildman–Crippen MR) is 118 cm³/mol. The van der Waals surface area contributed by atoms with Gasteiger partial charge in [-0.1, -0.05) is 43.3 Å². The molecule has 2 heterocycles. The summed E-state index contributed by atoms with van der Waals surface area (Å²) in [4.78, 5) is 20.6. The smallest absolute Gasteiger partial charge is 0.253 e. The summed E-state index contributed by atoms with van der Waals surface area (Å²) >= 11 is 0. The number of hydrogen-bond acceptors (Lipinski definition) is 2. The van der Waals surface area contributed by atoms with Crippen LogP contribution in [-0.2, 0) is 25.9 Å². The number of fused-ring (bicyclic) bond motifs is 3. The number of rotatable bonds is 5. The fourth-order valence-electron chi connectivity index (χ4n) is 4.51. The monoisotopic (exact) mass is 398 g/mol. The second-order valence-electron chi connectivity index (χ2n) is 8.40. The molecule has 0 saturated carbocycles. The minimum absolute atomic E-state index is 0.0349. The molecule has 1 aliphatic rings. The fourth-order valence-corrected chi connectivity index (χ4v) is 4.51. The van der Waals surface area contributed by atoms with Gasteiger partial charge in [-0.25, -0.2) is 4.98 Å². The molecule has 1 amide bonds. The molecule has 2 N–H and O–H groups in total. The van der Waals surface area contributed by atoms with Crippen molar-refractivity contribution < 1.29 is 4.79 Å². The van der Waals surface area contributed by atoms with Crippen LogP contribution in [0.15, 0.2) is 61.2 Å². The average Bonchev–Trinajstić information content (AvgIpc) is 3.39. The third kappa shape index (κ3) is 3.63. The van der Waals surface area contributed by atoms with Crippen LogP contribution in [0.2, 0.25) is 0 Å². The molecule has 5 heteroatoms. The lowest BCUT2D eigenvalue weighted by molar-refractivity contribution is 0.0952. The lowest BCUT2D eigenvalue weighted by Gasteiger charge is -2.17. The Kier molecular flexibility index (Phi) is 4.87. The van der Waals surface area contributed by atoms with Crippen LogP contribution < -0.4 is 5.32 Å². The number of aryl methyl sites for hydroxylation is 1. The zero-order valence-electron chi connectivity index (χ0n) is 17.2. The molecule has 0 radical (unpaired) electrons. The molecule has 0 spiro atoms. The number of imidazole rings is 1. The molecule has 1 atom stereocenters. The van der Waals surface area contributed by atoms with Gasteiger partial charge in [0.25, 0.3) is 5.91 Å². The quantitative estimate of drug-likeness (QED) is 0.521. The van der Waals surface area contributed by atoms with Crippen LogP contribution in [0, 0.1) is 5.92 Å². The van der Waals surface area contributed by atoms with Crippen molar-refractivity contribution in [1.82, 2.24) is 19.9 Å². The van der Waals surface area contributed by atoms with Crippen molar-refractivity contribution in [1.29, 1.82) is 0 Å². The molecule has 5 nitrogen and oxygen atoms in total. The highest BCUT2D eigenvalue weighted by Gasteiger charge is 2.22. The summed E-state index contributed by atoms with van der Waals surface area (Å²) in [6, 6.07) is 14.4. The minimum Gasteiger partial charge on any atom is -0.358 e. The molecular weight excluding hydrogens is 372 g/mol. The summed E-state index contributed by atoms with van der Waals surface area (Å²) in [5.41, 5.74) is 6.67. The summed E-state index contributed by atoms with van der Waals surface area (Å²) in [6.45, 7) is 3.58. The summed E-state index contributed by atoms with van der Waals surface area (Å²) in [7, 11) is 0. The maximum absolute atomic E-state index is 13.0. The average molecular weight is 399 g/mol. The third-order valence-corrected chi connectivity index (χ3v) is 6.08. The summed E-state index contributed by atoms with van der Waals surface area (Å²) in [5.74, 6) is 0.663. The van der Waals surface area contributed by atoms with E-state index in [0.717, 1.165) is 36.0 Å². The number of H-pyrrole nitrogens is 1. The van der Waals surface area contributed by atoms with E-state index in [2.05, 4.69) is 40.4 Å². The molecule has 4 aromatic rings. The van der Waals surface area contributed by atoms with Gasteiger partial charge in [-0.2, -0.15) is 0 Å². The number of aromatic amines is 1. The first-order valence-electron chi connectivity index (χ1n) is 10.6. The number of hydrogen-bond donors (Lipinski definition) is 2. The van der Waals surface area contributed by atoms with Crippen LogP contribution >= 0.6 is 0 Å². The lowest BCUT2D eigenvalue weighted by atomic mass is 9.87. The van der Waals surface area contributed by atoms with E-state index in [0.29, 0.717) is 12.5 Å². The van der Waals surface area contributed by atoms with Crippen LogP contribution in [0.25, 0.3) is 10.9 Å². The van der Waals surface area contributed by atoms with E-state index in [-0.39, 0.29) is 5.91 Å². The van der Waals surface area contributed by atoms with Gasteiger partial charge in [-0.3, -0.25) is 4.79 Å². The zero-order chi connectivity index (χ0) is 20.5. The molecule has 0 bridgehead atoms. The number of benzene rings is 2. The van der Waals surface area contributed by atoms with Crippen LogP contribution in [0.1, 0.15) is 46.1 Å². The van der Waals surface area contributed by atoms with Crippen molar-refractivity contribution in [3.63, 3.8) is 0 Å². The molecule has 0 saturated heterocycles. The first kappa shape index (κ1) is 18.7.